The second kappa shape index (κ2) is 9.24. The number of para-hydroxylation sites is 3. The SMILES string of the molecule is N#Cc1ccc(C#N)c(-n2c3ccccc3c3cc(-c4ccc5c(c4)c4ccccc4n5-c4ccccc4)ccc32)c1. The molecule has 194 valence electrons. The minimum Gasteiger partial charge on any atom is -0.309 e. The fourth-order valence-corrected chi connectivity index (χ4v) is 6.30. The monoisotopic (exact) mass is 534 g/mol. The van der Waals surface area contributed by atoms with Crippen LogP contribution in [0.1, 0.15) is 11.1 Å². The van der Waals surface area contributed by atoms with Crippen LogP contribution in [0.4, 0.5) is 0 Å². The molecule has 0 unspecified atom stereocenters. The van der Waals surface area contributed by atoms with E-state index in [-0.39, 0.29) is 0 Å². The van der Waals surface area contributed by atoms with Gasteiger partial charge < -0.3 is 9.13 Å². The Labute approximate surface area is 242 Å². The Hall–Kier alpha value is -6.10. The van der Waals surface area contributed by atoms with E-state index < -0.39 is 0 Å². The van der Waals surface area contributed by atoms with Gasteiger partial charge in [-0.1, -0.05) is 66.7 Å². The maximum atomic E-state index is 9.91. The first-order valence-electron chi connectivity index (χ1n) is 13.8. The van der Waals surface area contributed by atoms with Crippen LogP contribution in [0.2, 0.25) is 0 Å². The number of benzene rings is 6. The molecule has 2 heterocycles. The molecule has 0 aliphatic rings. The molecule has 0 saturated carbocycles. The molecule has 0 N–H and O–H groups in total. The van der Waals surface area contributed by atoms with Crippen molar-refractivity contribution < 1.29 is 0 Å². The Balaban J connectivity index is 1.36. The summed E-state index contributed by atoms with van der Waals surface area (Å²) < 4.78 is 4.43. The number of nitriles is 2. The Bertz CT molecular complexity index is 2430. The third kappa shape index (κ3) is 3.47. The van der Waals surface area contributed by atoms with Crippen LogP contribution in [0.25, 0.3) is 66.1 Å². The van der Waals surface area contributed by atoms with Crippen LogP contribution in [0.3, 0.4) is 0 Å². The molecule has 0 bridgehead atoms. The van der Waals surface area contributed by atoms with Gasteiger partial charge in [0.1, 0.15) is 6.07 Å². The topological polar surface area (TPSA) is 57.4 Å². The summed E-state index contributed by atoms with van der Waals surface area (Å²) in [5.41, 5.74) is 9.51. The van der Waals surface area contributed by atoms with Gasteiger partial charge in [-0.2, -0.15) is 10.5 Å². The lowest BCUT2D eigenvalue weighted by Gasteiger charge is -2.11. The van der Waals surface area contributed by atoms with Crippen molar-refractivity contribution in [1.82, 2.24) is 9.13 Å². The summed E-state index contributed by atoms with van der Waals surface area (Å²) in [6, 6.07) is 50.3. The number of hydrogen-bond donors (Lipinski definition) is 0. The molecule has 0 atom stereocenters. The predicted molar refractivity (Wildman–Crippen MR) is 170 cm³/mol. The third-order valence-electron chi connectivity index (χ3n) is 8.18. The quantitative estimate of drug-likeness (QED) is 0.227. The van der Waals surface area contributed by atoms with Crippen molar-refractivity contribution in [3.8, 4) is 34.6 Å². The van der Waals surface area contributed by atoms with Crippen LogP contribution in [0, 0.1) is 22.7 Å². The highest BCUT2D eigenvalue weighted by molar-refractivity contribution is 6.12. The summed E-state index contributed by atoms with van der Waals surface area (Å²) in [7, 11) is 0. The number of fused-ring (bicyclic) bond motifs is 6. The van der Waals surface area contributed by atoms with Crippen molar-refractivity contribution in [3.63, 3.8) is 0 Å². The first-order chi connectivity index (χ1) is 20.7. The van der Waals surface area contributed by atoms with Crippen molar-refractivity contribution in [3.05, 3.63) is 145 Å². The summed E-state index contributed by atoms with van der Waals surface area (Å²) >= 11 is 0. The zero-order chi connectivity index (χ0) is 28.2. The second-order valence-electron chi connectivity index (χ2n) is 10.5. The Morgan fingerprint density at radius 3 is 1.60 bits per heavy atom. The number of rotatable bonds is 3. The van der Waals surface area contributed by atoms with E-state index in [2.05, 4.69) is 118 Å². The van der Waals surface area contributed by atoms with E-state index in [1.165, 1.54) is 21.8 Å². The van der Waals surface area contributed by atoms with Gasteiger partial charge in [0.05, 0.1) is 45.0 Å². The summed E-state index contributed by atoms with van der Waals surface area (Å²) in [5.74, 6) is 0. The van der Waals surface area contributed by atoms with Crippen LogP contribution in [-0.2, 0) is 0 Å². The zero-order valence-corrected chi connectivity index (χ0v) is 22.5. The molecule has 0 fully saturated rings. The Morgan fingerprint density at radius 2 is 0.976 bits per heavy atom. The van der Waals surface area contributed by atoms with Crippen molar-refractivity contribution in [1.29, 1.82) is 10.5 Å². The second-order valence-corrected chi connectivity index (χ2v) is 10.5. The lowest BCUT2D eigenvalue weighted by molar-refractivity contribution is 1.16. The minimum atomic E-state index is 0.523. The summed E-state index contributed by atoms with van der Waals surface area (Å²) in [4.78, 5) is 0. The smallest absolute Gasteiger partial charge is 0.101 e. The number of aromatic nitrogens is 2. The largest absolute Gasteiger partial charge is 0.309 e. The van der Waals surface area contributed by atoms with Crippen LogP contribution >= 0.6 is 0 Å². The lowest BCUT2D eigenvalue weighted by atomic mass is 10.0. The van der Waals surface area contributed by atoms with Crippen molar-refractivity contribution in [2.75, 3.05) is 0 Å². The van der Waals surface area contributed by atoms with Gasteiger partial charge in [0.25, 0.3) is 0 Å². The van der Waals surface area contributed by atoms with E-state index in [0.717, 1.165) is 38.6 Å². The van der Waals surface area contributed by atoms with Crippen LogP contribution in [0.15, 0.2) is 133 Å². The zero-order valence-electron chi connectivity index (χ0n) is 22.5. The van der Waals surface area contributed by atoms with Gasteiger partial charge >= 0.3 is 0 Å². The summed E-state index contributed by atoms with van der Waals surface area (Å²) in [6.07, 6.45) is 0. The van der Waals surface area contributed by atoms with Gasteiger partial charge in [0, 0.05) is 27.2 Å². The first kappa shape index (κ1) is 23.8. The van der Waals surface area contributed by atoms with Gasteiger partial charge in [0.2, 0.25) is 0 Å². The highest BCUT2D eigenvalue weighted by Gasteiger charge is 2.17. The van der Waals surface area contributed by atoms with Crippen molar-refractivity contribution in [2.45, 2.75) is 0 Å². The number of hydrogen-bond acceptors (Lipinski definition) is 2. The Kier molecular flexibility index (Phi) is 5.22. The molecule has 0 radical (unpaired) electrons. The fourth-order valence-electron chi connectivity index (χ4n) is 6.30. The average Bonchev–Trinajstić information content (AvgIpc) is 3.57. The molecule has 0 spiro atoms. The molecule has 2 aromatic heterocycles. The molecule has 8 aromatic rings. The molecule has 8 rings (SSSR count). The maximum Gasteiger partial charge on any atom is 0.101 e. The highest BCUT2D eigenvalue weighted by Crippen LogP contribution is 2.38. The lowest BCUT2D eigenvalue weighted by Crippen LogP contribution is -1.98. The molecule has 4 heteroatoms. The fraction of sp³-hybridized carbons (Fsp3) is 0. The van der Waals surface area contributed by atoms with Gasteiger partial charge in [-0.25, -0.2) is 0 Å². The standard InChI is InChI=1S/C38H22N4/c39-23-25-14-15-28(24-40)38(20-25)42-35-13-7-5-11-31(35)33-22-27(17-19-37(33)42)26-16-18-36-32(21-26)30-10-4-6-12-34(30)41(36)29-8-2-1-3-9-29/h1-22H. The molecular formula is C38H22N4. The molecule has 0 aliphatic carbocycles. The molecular weight excluding hydrogens is 512 g/mol. The molecule has 0 saturated heterocycles. The average molecular weight is 535 g/mol. The molecule has 4 nitrogen and oxygen atoms in total. The van der Waals surface area contributed by atoms with E-state index in [9.17, 15) is 10.5 Å². The van der Waals surface area contributed by atoms with Gasteiger partial charge in [0.15, 0.2) is 0 Å². The van der Waals surface area contributed by atoms with Crippen LogP contribution in [-0.4, -0.2) is 9.13 Å². The van der Waals surface area contributed by atoms with Crippen molar-refractivity contribution >= 4 is 43.6 Å². The normalized spacial score (nSPS) is 11.3. The highest BCUT2D eigenvalue weighted by atomic mass is 15.0. The van der Waals surface area contributed by atoms with Crippen molar-refractivity contribution in [2.24, 2.45) is 0 Å². The molecule has 6 aromatic carbocycles. The minimum absolute atomic E-state index is 0.523. The van der Waals surface area contributed by atoms with Gasteiger partial charge in [-0.05, 0) is 77.9 Å². The third-order valence-corrected chi connectivity index (χ3v) is 8.18. The van der Waals surface area contributed by atoms with Crippen LogP contribution < -0.4 is 0 Å². The maximum absolute atomic E-state index is 9.91. The molecule has 0 amide bonds. The van der Waals surface area contributed by atoms with E-state index >= 15 is 0 Å². The Morgan fingerprint density at radius 1 is 0.429 bits per heavy atom. The molecule has 0 aliphatic heterocycles. The number of nitrogens with zero attached hydrogens (tertiary/aromatic N) is 4. The summed E-state index contributed by atoms with van der Waals surface area (Å²) in [6.45, 7) is 0. The van der Waals surface area contributed by atoms with Gasteiger partial charge in [-0.15, -0.1) is 0 Å². The summed E-state index contributed by atoms with van der Waals surface area (Å²) in [5, 5.41) is 24.1. The molecule has 42 heavy (non-hydrogen) atoms. The van der Waals surface area contributed by atoms with E-state index in [0.29, 0.717) is 16.8 Å². The predicted octanol–water partition coefficient (Wildman–Crippen LogP) is 9.29. The van der Waals surface area contributed by atoms with E-state index in [1.807, 2.05) is 18.2 Å². The van der Waals surface area contributed by atoms with E-state index in [4.69, 9.17) is 0 Å². The van der Waals surface area contributed by atoms with Gasteiger partial charge in [-0.3, -0.25) is 0 Å². The van der Waals surface area contributed by atoms with E-state index in [1.54, 1.807) is 18.2 Å². The first-order valence-corrected chi connectivity index (χ1v) is 13.8. The van der Waals surface area contributed by atoms with Crippen LogP contribution in [0.5, 0.6) is 0 Å².